The van der Waals surface area contributed by atoms with Gasteiger partial charge in [-0.15, -0.1) is 0 Å². The SMILES string of the molecule is CC(C)C1(C(=O)N[C@@H](CC(=O)OCc2ccoc2)C(=O)CF)CC(c2nccc3ccccc23)=NO1. The fourth-order valence-electron chi connectivity index (χ4n) is 4.00. The normalized spacial score (nSPS) is 17.9. The van der Waals surface area contributed by atoms with Crippen LogP contribution in [0.5, 0.6) is 0 Å². The highest BCUT2D eigenvalue weighted by Crippen LogP contribution is 2.35. The third kappa shape index (κ3) is 5.12. The van der Waals surface area contributed by atoms with Crippen molar-refractivity contribution in [2.75, 3.05) is 6.67 Å². The minimum atomic E-state index is -1.47. The number of carbonyl (C=O) groups excluding carboxylic acids is 3. The van der Waals surface area contributed by atoms with Gasteiger partial charge < -0.3 is 19.3 Å². The van der Waals surface area contributed by atoms with Crippen LogP contribution in [0.2, 0.25) is 0 Å². The molecule has 2 aromatic heterocycles. The van der Waals surface area contributed by atoms with Gasteiger partial charge in [0.1, 0.15) is 25.0 Å². The first-order valence-electron chi connectivity index (χ1n) is 11.5. The van der Waals surface area contributed by atoms with Crippen LogP contribution in [-0.4, -0.2) is 46.7 Å². The molecule has 3 aromatic rings. The summed E-state index contributed by atoms with van der Waals surface area (Å²) in [4.78, 5) is 48.1. The van der Waals surface area contributed by atoms with Crippen molar-refractivity contribution in [1.82, 2.24) is 10.3 Å². The molecule has 9 nitrogen and oxygen atoms in total. The van der Waals surface area contributed by atoms with Gasteiger partial charge in [-0.05, 0) is 17.5 Å². The van der Waals surface area contributed by atoms with Crippen LogP contribution in [0.4, 0.5) is 4.39 Å². The van der Waals surface area contributed by atoms with Crippen molar-refractivity contribution >= 4 is 34.1 Å². The van der Waals surface area contributed by atoms with Crippen LogP contribution in [0.3, 0.4) is 0 Å². The summed E-state index contributed by atoms with van der Waals surface area (Å²) in [6, 6.07) is 9.71. The average Bonchev–Trinajstić information content (AvgIpc) is 3.57. The number of halogens is 1. The van der Waals surface area contributed by atoms with Crippen LogP contribution in [0.25, 0.3) is 10.8 Å². The van der Waals surface area contributed by atoms with Gasteiger partial charge in [-0.2, -0.15) is 0 Å². The Morgan fingerprint density at radius 1 is 1.19 bits per heavy atom. The molecule has 2 atom stereocenters. The van der Waals surface area contributed by atoms with Crippen molar-refractivity contribution in [3.05, 3.63) is 66.4 Å². The fraction of sp³-hybridized carbons (Fsp3) is 0.346. The number of oxime groups is 1. The number of hydrogen-bond donors (Lipinski definition) is 1. The lowest BCUT2D eigenvalue weighted by Gasteiger charge is -2.30. The summed E-state index contributed by atoms with van der Waals surface area (Å²) >= 11 is 0. The molecule has 0 bridgehead atoms. The largest absolute Gasteiger partial charge is 0.472 e. The summed E-state index contributed by atoms with van der Waals surface area (Å²) in [7, 11) is 0. The molecule has 4 rings (SSSR count). The smallest absolute Gasteiger partial charge is 0.308 e. The second-order valence-corrected chi connectivity index (χ2v) is 8.85. The van der Waals surface area contributed by atoms with E-state index in [0.29, 0.717) is 17.0 Å². The van der Waals surface area contributed by atoms with Gasteiger partial charge in [0.05, 0.1) is 24.6 Å². The van der Waals surface area contributed by atoms with Gasteiger partial charge in [-0.3, -0.25) is 19.4 Å². The Labute approximate surface area is 206 Å². The molecule has 1 amide bonds. The average molecular weight is 496 g/mol. The molecule has 1 unspecified atom stereocenters. The van der Waals surface area contributed by atoms with E-state index >= 15 is 0 Å². The van der Waals surface area contributed by atoms with Gasteiger partial charge in [0.15, 0.2) is 5.78 Å². The number of alkyl halides is 1. The predicted octanol–water partition coefficient (Wildman–Crippen LogP) is 3.50. The van der Waals surface area contributed by atoms with Crippen LogP contribution >= 0.6 is 0 Å². The molecule has 0 fully saturated rings. The van der Waals surface area contributed by atoms with Crippen molar-refractivity contribution in [2.45, 2.75) is 44.9 Å². The van der Waals surface area contributed by atoms with E-state index in [2.05, 4.69) is 15.5 Å². The molecular formula is C26H26FN3O6. The molecule has 0 saturated carbocycles. The monoisotopic (exact) mass is 495 g/mol. The summed E-state index contributed by atoms with van der Waals surface area (Å²) in [5.74, 6) is -2.77. The summed E-state index contributed by atoms with van der Waals surface area (Å²) in [6.07, 6.45) is 4.04. The van der Waals surface area contributed by atoms with E-state index < -0.39 is 42.4 Å². The lowest BCUT2D eigenvalue weighted by Crippen LogP contribution is -2.55. The van der Waals surface area contributed by atoms with Gasteiger partial charge in [0.2, 0.25) is 5.60 Å². The van der Waals surface area contributed by atoms with E-state index in [9.17, 15) is 18.8 Å². The number of aromatic nitrogens is 1. The molecule has 188 valence electrons. The number of carbonyl (C=O) groups is 3. The van der Waals surface area contributed by atoms with E-state index in [-0.39, 0.29) is 18.9 Å². The number of pyridine rings is 1. The van der Waals surface area contributed by atoms with Crippen molar-refractivity contribution < 1.29 is 32.8 Å². The highest BCUT2D eigenvalue weighted by Gasteiger charge is 2.51. The zero-order chi connectivity index (χ0) is 25.7. The number of rotatable bonds is 10. The van der Waals surface area contributed by atoms with Crippen LogP contribution in [0.15, 0.2) is 64.7 Å². The first-order valence-corrected chi connectivity index (χ1v) is 11.5. The quantitative estimate of drug-likeness (QED) is 0.428. The summed E-state index contributed by atoms with van der Waals surface area (Å²) in [5, 5.41) is 8.49. The van der Waals surface area contributed by atoms with Crippen molar-refractivity contribution in [3.8, 4) is 0 Å². The molecule has 36 heavy (non-hydrogen) atoms. The Morgan fingerprint density at radius 2 is 2.00 bits per heavy atom. The van der Waals surface area contributed by atoms with Gasteiger partial charge >= 0.3 is 5.97 Å². The Balaban J connectivity index is 1.49. The predicted molar refractivity (Wildman–Crippen MR) is 128 cm³/mol. The number of fused-ring (bicyclic) bond motifs is 1. The van der Waals surface area contributed by atoms with E-state index in [1.54, 1.807) is 26.1 Å². The second kappa shape index (κ2) is 10.7. The Bertz CT molecular complexity index is 1280. The lowest BCUT2D eigenvalue weighted by atomic mass is 9.83. The number of esters is 1. The number of ether oxygens (including phenoxy) is 1. The molecule has 1 aliphatic rings. The van der Waals surface area contributed by atoms with Gasteiger partial charge in [-0.25, -0.2) is 4.39 Å². The minimum Gasteiger partial charge on any atom is -0.472 e. The zero-order valence-corrected chi connectivity index (χ0v) is 19.9. The molecule has 0 aliphatic carbocycles. The van der Waals surface area contributed by atoms with Crippen LogP contribution in [0.1, 0.15) is 37.9 Å². The van der Waals surface area contributed by atoms with Crippen LogP contribution < -0.4 is 5.32 Å². The van der Waals surface area contributed by atoms with Crippen molar-refractivity contribution in [1.29, 1.82) is 0 Å². The Morgan fingerprint density at radius 3 is 2.72 bits per heavy atom. The van der Waals surface area contributed by atoms with E-state index in [0.717, 1.165) is 10.8 Å². The fourth-order valence-corrected chi connectivity index (χ4v) is 4.00. The van der Waals surface area contributed by atoms with Crippen molar-refractivity contribution in [2.24, 2.45) is 11.1 Å². The molecule has 1 N–H and O–H groups in total. The second-order valence-electron chi connectivity index (χ2n) is 8.85. The van der Waals surface area contributed by atoms with Gasteiger partial charge in [-0.1, -0.05) is 43.3 Å². The Hall–Kier alpha value is -4.08. The number of Topliss-reactive ketones (excluding diaryl/α,β-unsaturated/α-hetero) is 1. The van der Waals surface area contributed by atoms with E-state index in [4.69, 9.17) is 14.0 Å². The van der Waals surface area contributed by atoms with Gasteiger partial charge in [0, 0.05) is 29.5 Å². The molecule has 1 aliphatic heterocycles. The number of hydrogen-bond acceptors (Lipinski definition) is 8. The summed E-state index contributed by atoms with van der Waals surface area (Å²) < 4.78 is 23.3. The molecule has 1 aromatic carbocycles. The van der Waals surface area contributed by atoms with Crippen LogP contribution in [-0.2, 0) is 30.6 Å². The minimum absolute atomic E-state index is 0.0753. The number of benzene rings is 1. The third-order valence-corrected chi connectivity index (χ3v) is 6.19. The molecule has 0 saturated heterocycles. The maximum absolute atomic E-state index is 13.4. The third-order valence-electron chi connectivity index (χ3n) is 6.19. The van der Waals surface area contributed by atoms with Gasteiger partial charge in [0.25, 0.3) is 5.91 Å². The topological polar surface area (TPSA) is 120 Å². The molecule has 10 heteroatoms. The lowest BCUT2D eigenvalue weighted by molar-refractivity contribution is -0.153. The van der Waals surface area contributed by atoms with Crippen molar-refractivity contribution in [3.63, 3.8) is 0 Å². The first-order chi connectivity index (χ1) is 17.3. The summed E-state index contributed by atoms with van der Waals surface area (Å²) in [5.41, 5.74) is 0.209. The highest BCUT2D eigenvalue weighted by atomic mass is 19.1. The molecule has 0 radical (unpaired) electrons. The number of nitrogens with zero attached hydrogens (tertiary/aromatic N) is 2. The summed E-state index contributed by atoms with van der Waals surface area (Å²) in [6.45, 7) is 2.13. The first kappa shape index (κ1) is 25.0. The van der Waals surface area contributed by atoms with E-state index in [1.807, 2.05) is 30.3 Å². The number of ketones is 1. The Kier molecular flexibility index (Phi) is 7.42. The maximum Gasteiger partial charge on any atom is 0.308 e. The number of amides is 1. The van der Waals surface area contributed by atoms with E-state index in [1.165, 1.54) is 12.5 Å². The highest BCUT2D eigenvalue weighted by molar-refractivity contribution is 6.12. The molecule has 3 heterocycles. The number of furan rings is 1. The molecule has 0 spiro atoms. The maximum atomic E-state index is 13.4. The standard InChI is InChI=1S/C26H26FN3O6/c1-16(2)26(12-21(30-36-26)24-19-6-4-3-5-18(19)7-9-28-24)25(33)29-20(22(31)13-27)11-23(32)35-15-17-8-10-34-14-17/h3-10,14,16,20H,11-13,15H2,1-2H3,(H,29,33)/t20-,26?/m0/s1. The molecular weight excluding hydrogens is 469 g/mol. The number of nitrogens with one attached hydrogen (secondary N) is 1. The zero-order valence-electron chi connectivity index (χ0n) is 19.9. The van der Waals surface area contributed by atoms with Crippen LogP contribution in [0, 0.1) is 5.92 Å².